The summed E-state index contributed by atoms with van der Waals surface area (Å²) in [5, 5.41) is 2.78. The second kappa shape index (κ2) is 7.65. The number of benzene rings is 1. The summed E-state index contributed by atoms with van der Waals surface area (Å²) in [5.74, 6) is -1.09. The molecule has 110 valence electrons. The maximum absolute atomic E-state index is 12.7. The van der Waals surface area contributed by atoms with Crippen LogP contribution in [0.1, 0.15) is 16.1 Å². The second-order valence-electron chi connectivity index (χ2n) is 3.82. The van der Waals surface area contributed by atoms with Gasteiger partial charge in [-0.1, -0.05) is 0 Å². The minimum absolute atomic E-state index is 0. The number of nitrogens with one attached hydrogen (secondary N) is 1. The van der Waals surface area contributed by atoms with E-state index in [4.69, 9.17) is 4.42 Å². The number of hydrogen-bond acceptors (Lipinski definition) is 6. The Balaban J connectivity index is 0.00000242. The van der Waals surface area contributed by atoms with Crippen molar-refractivity contribution >= 4 is 22.2 Å². The van der Waals surface area contributed by atoms with Crippen LogP contribution < -0.4 is 35.0 Å². The van der Waals surface area contributed by atoms with Crippen LogP contribution in [0.25, 0.3) is 0 Å². The van der Waals surface area contributed by atoms with Gasteiger partial charge in [-0.25, -0.2) is 18.2 Å². The van der Waals surface area contributed by atoms with Crippen LogP contribution in [0.2, 0.25) is 0 Å². The summed E-state index contributed by atoms with van der Waals surface area (Å²) in [6.45, 7) is 0. The molecule has 0 aliphatic carbocycles. The van der Waals surface area contributed by atoms with Gasteiger partial charge in [0.15, 0.2) is 10.1 Å². The standard InChI is InChI=1S/C12H9FN2O5S.Na/c13-9-3-1-8(2-4-9)12(16)15-14-7-10-5-6-11(20-10)21(17,18)19;/h1-7H,(H,15,16)(H,17,18,19);/q;+1/p-1/b14-7+;. The number of furan rings is 1. The van der Waals surface area contributed by atoms with Gasteiger partial charge in [-0.2, -0.15) is 5.10 Å². The molecule has 0 radical (unpaired) electrons. The van der Waals surface area contributed by atoms with Gasteiger partial charge in [0, 0.05) is 5.56 Å². The van der Waals surface area contributed by atoms with Crippen molar-refractivity contribution in [3.8, 4) is 0 Å². The van der Waals surface area contributed by atoms with E-state index in [2.05, 4.69) is 10.5 Å². The van der Waals surface area contributed by atoms with Crippen molar-refractivity contribution in [3.05, 3.63) is 53.5 Å². The summed E-state index contributed by atoms with van der Waals surface area (Å²) in [6.07, 6.45) is 1.02. The van der Waals surface area contributed by atoms with Crippen molar-refractivity contribution in [2.24, 2.45) is 5.10 Å². The van der Waals surface area contributed by atoms with E-state index in [0.29, 0.717) is 0 Å². The topological polar surface area (TPSA) is 112 Å². The number of amides is 1. The van der Waals surface area contributed by atoms with Crippen LogP contribution in [0.4, 0.5) is 4.39 Å². The van der Waals surface area contributed by atoms with Crippen molar-refractivity contribution in [3.63, 3.8) is 0 Å². The normalized spacial score (nSPS) is 11.2. The van der Waals surface area contributed by atoms with Crippen LogP contribution in [0.5, 0.6) is 0 Å². The molecular weight excluding hydrogens is 326 g/mol. The zero-order valence-corrected chi connectivity index (χ0v) is 14.1. The van der Waals surface area contributed by atoms with Gasteiger partial charge in [0.05, 0.1) is 6.21 Å². The molecule has 0 saturated heterocycles. The van der Waals surface area contributed by atoms with Crippen molar-refractivity contribution in [2.45, 2.75) is 5.09 Å². The van der Waals surface area contributed by atoms with Gasteiger partial charge in [0.2, 0.25) is 5.09 Å². The Hall–Kier alpha value is -1.52. The predicted molar refractivity (Wildman–Crippen MR) is 68.1 cm³/mol. The first kappa shape index (κ1) is 18.5. The van der Waals surface area contributed by atoms with Gasteiger partial charge in [0.1, 0.15) is 11.6 Å². The zero-order chi connectivity index (χ0) is 15.5. The average molecular weight is 334 g/mol. The molecule has 0 aliphatic rings. The average Bonchev–Trinajstić information content (AvgIpc) is 2.88. The molecule has 1 N–H and O–H groups in total. The molecule has 0 spiro atoms. The van der Waals surface area contributed by atoms with Gasteiger partial charge in [-0.3, -0.25) is 4.79 Å². The zero-order valence-electron chi connectivity index (χ0n) is 11.3. The monoisotopic (exact) mass is 334 g/mol. The first-order valence-corrected chi connectivity index (χ1v) is 6.92. The molecule has 7 nitrogen and oxygen atoms in total. The molecule has 0 atom stereocenters. The molecule has 10 heteroatoms. The summed E-state index contributed by atoms with van der Waals surface area (Å²) >= 11 is 0. The fraction of sp³-hybridized carbons (Fsp3) is 0. The minimum Gasteiger partial charge on any atom is -0.742 e. The number of carbonyl (C=O) groups excluding carboxylic acids is 1. The molecule has 0 bridgehead atoms. The summed E-state index contributed by atoms with van der Waals surface area (Å²) in [6, 6.07) is 6.97. The van der Waals surface area contributed by atoms with E-state index < -0.39 is 26.9 Å². The van der Waals surface area contributed by atoms with Gasteiger partial charge >= 0.3 is 29.6 Å². The third-order valence-corrected chi connectivity index (χ3v) is 3.03. The van der Waals surface area contributed by atoms with Crippen molar-refractivity contribution in [1.29, 1.82) is 0 Å². The number of nitrogens with zero attached hydrogens (tertiary/aromatic N) is 1. The van der Waals surface area contributed by atoms with Crippen LogP contribution in [0.15, 0.2) is 51.0 Å². The predicted octanol–water partition coefficient (Wildman–Crippen LogP) is -1.91. The number of hydrogen-bond donors (Lipinski definition) is 1. The molecule has 22 heavy (non-hydrogen) atoms. The summed E-state index contributed by atoms with van der Waals surface area (Å²) < 4.78 is 49.3. The Labute approximate surface area is 147 Å². The molecule has 0 saturated carbocycles. The van der Waals surface area contributed by atoms with Gasteiger partial charge in [-0.15, -0.1) is 0 Å². The molecule has 2 aromatic rings. The molecule has 1 aromatic carbocycles. The van der Waals surface area contributed by atoms with E-state index in [1.807, 2.05) is 0 Å². The molecule has 1 heterocycles. The maximum atomic E-state index is 12.7. The van der Waals surface area contributed by atoms with E-state index >= 15 is 0 Å². The fourth-order valence-corrected chi connectivity index (χ4v) is 1.79. The Bertz CT molecular complexity index is 786. The summed E-state index contributed by atoms with van der Waals surface area (Å²) in [7, 11) is -4.67. The molecule has 0 unspecified atom stereocenters. The van der Waals surface area contributed by atoms with Gasteiger partial charge in [-0.05, 0) is 36.4 Å². The van der Waals surface area contributed by atoms with Crippen molar-refractivity contribution in [2.75, 3.05) is 0 Å². The Morgan fingerprint density at radius 1 is 1.23 bits per heavy atom. The van der Waals surface area contributed by atoms with Crippen LogP contribution in [0, 0.1) is 5.82 Å². The third-order valence-electron chi connectivity index (χ3n) is 2.31. The molecule has 1 amide bonds. The number of rotatable bonds is 4. The Kier molecular flexibility index (Phi) is 6.45. The van der Waals surface area contributed by atoms with Crippen molar-refractivity contribution < 1.29 is 56.1 Å². The molecule has 2 rings (SSSR count). The molecule has 0 aliphatic heterocycles. The van der Waals surface area contributed by atoms with E-state index in [9.17, 15) is 22.2 Å². The van der Waals surface area contributed by atoms with Crippen LogP contribution in [-0.2, 0) is 10.1 Å². The largest absolute Gasteiger partial charge is 1.00 e. The van der Waals surface area contributed by atoms with E-state index in [1.54, 1.807) is 0 Å². The first-order valence-electron chi connectivity index (χ1n) is 5.51. The summed E-state index contributed by atoms with van der Waals surface area (Å²) in [4.78, 5) is 11.6. The minimum atomic E-state index is -4.67. The van der Waals surface area contributed by atoms with Crippen LogP contribution >= 0.6 is 0 Å². The number of halogens is 1. The molecule has 1 aromatic heterocycles. The second-order valence-corrected chi connectivity index (χ2v) is 5.13. The quantitative estimate of drug-likeness (QED) is 0.303. The SMILES string of the molecule is O=C(N/N=C/c1ccc(S(=O)(=O)[O-])o1)c1ccc(F)cc1.[Na+]. The fourth-order valence-electron chi connectivity index (χ4n) is 1.36. The van der Waals surface area contributed by atoms with Crippen LogP contribution in [-0.4, -0.2) is 25.1 Å². The van der Waals surface area contributed by atoms with Gasteiger partial charge in [0.25, 0.3) is 5.91 Å². The molecular formula is C12H8FN2NaO5S. The van der Waals surface area contributed by atoms with Crippen molar-refractivity contribution in [1.82, 2.24) is 5.43 Å². The smallest absolute Gasteiger partial charge is 0.742 e. The number of hydrazone groups is 1. The Morgan fingerprint density at radius 2 is 1.86 bits per heavy atom. The van der Waals surface area contributed by atoms with Gasteiger partial charge < -0.3 is 8.97 Å². The first-order chi connectivity index (χ1) is 9.86. The Morgan fingerprint density at radius 3 is 2.41 bits per heavy atom. The van der Waals surface area contributed by atoms with Crippen LogP contribution in [0.3, 0.4) is 0 Å². The third kappa shape index (κ3) is 5.04. The number of carbonyl (C=O) groups is 1. The van der Waals surface area contributed by atoms with E-state index in [-0.39, 0.29) is 40.9 Å². The summed E-state index contributed by atoms with van der Waals surface area (Å²) in [5.41, 5.74) is 2.33. The maximum Gasteiger partial charge on any atom is 1.00 e. The van der Waals surface area contributed by atoms with E-state index in [1.165, 1.54) is 18.2 Å². The van der Waals surface area contributed by atoms with E-state index in [0.717, 1.165) is 24.4 Å². The molecule has 0 fully saturated rings.